The number of carbonyl (C=O) groups is 1. The highest BCUT2D eigenvalue weighted by atomic mass is 35.5. The molecule has 0 bridgehead atoms. The van der Waals surface area contributed by atoms with Crippen LogP contribution in [0.15, 0.2) is 12.1 Å². The summed E-state index contributed by atoms with van der Waals surface area (Å²) in [4.78, 5) is 11.0. The van der Waals surface area contributed by atoms with Crippen molar-refractivity contribution in [3.8, 4) is 5.75 Å². The Hall–Kier alpha value is -1.46. The highest BCUT2D eigenvalue weighted by Crippen LogP contribution is 2.29. The van der Waals surface area contributed by atoms with Crippen LogP contribution in [0.4, 0.5) is 5.69 Å². The maximum atomic E-state index is 11.0. The summed E-state index contributed by atoms with van der Waals surface area (Å²) in [6.07, 6.45) is 0.811. The van der Waals surface area contributed by atoms with Crippen LogP contribution in [0.2, 0.25) is 5.02 Å². The number of rotatable bonds is 6. The van der Waals surface area contributed by atoms with E-state index in [4.69, 9.17) is 22.1 Å². The first-order chi connectivity index (χ1) is 8.06. The molecule has 0 atom stereocenters. The Bertz CT molecular complexity index is 410. The number of nitrogens with one attached hydrogen (secondary N) is 1. The minimum atomic E-state index is -0.713. The van der Waals surface area contributed by atoms with E-state index in [-0.39, 0.29) is 11.3 Å². The maximum Gasteiger partial charge on any atom is 0.252 e. The van der Waals surface area contributed by atoms with E-state index in [0.29, 0.717) is 23.9 Å². The van der Waals surface area contributed by atoms with Crippen LogP contribution in [0.5, 0.6) is 5.75 Å². The highest BCUT2D eigenvalue weighted by molar-refractivity contribution is 6.33. The number of hydrogen-bond donors (Lipinski definition) is 3. The van der Waals surface area contributed by atoms with E-state index in [0.717, 1.165) is 6.42 Å². The van der Waals surface area contributed by atoms with Crippen molar-refractivity contribution in [2.24, 2.45) is 5.73 Å². The van der Waals surface area contributed by atoms with Crippen molar-refractivity contribution in [1.29, 1.82) is 0 Å². The summed E-state index contributed by atoms with van der Waals surface area (Å²) < 4.78 is 4.90. The minimum absolute atomic E-state index is 0.0115. The van der Waals surface area contributed by atoms with Crippen molar-refractivity contribution >= 4 is 23.2 Å². The summed E-state index contributed by atoms with van der Waals surface area (Å²) in [5.41, 5.74) is 5.65. The Balaban J connectivity index is 2.74. The van der Waals surface area contributed by atoms with Gasteiger partial charge in [-0.2, -0.15) is 0 Å². The van der Waals surface area contributed by atoms with Crippen LogP contribution in [-0.4, -0.2) is 31.3 Å². The van der Waals surface area contributed by atoms with Crippen LogP contribution in [0.3, 0.4) is 0 Å². The van der Waals surface area contributed by atoms with Gasteiger partial charge in [-0.3, -0.25) is 4.79 Å². The van der Waals surface area contributed by atoms with Gasteiger partial charge in [0.25, 0.3) is 5.91 Å². The van der Waals surface area contributed by atoms with Gasteiger partial charge in [-0.05, 0) is 12.5 Å². The number of methoxy groups -OCH3 is 1. The number of amides is 1. The Labute approximate surface area is 105 Å². The molecule has 1 amide bonds. The average Bonchev–Trinajstić information content (AvgIpc) is 2.28. The minimum Gasteiger partial charge on any atom is -0.507 e. The monoisotopic (exact) mass is 258 g/mol. The molecule has 0 unspecified atom stereocenters. The second-order valence-electron chi connectivity index (χ2n) is 3.49. The van der Waals surface area contributed by atoms with Crippen molar-refractivity contribution in [3.63, 3.8) is 0 Å². The lowest BCUT2D eigenvalue weighted by Crippen LogP contribution is -2.12. The first-order valence-electron chi connectivity index (χ1n) is 5.11. The average molecular weight is 259 g/mol. The van der Waals surface area contributed by atoms with Crippen molar-refractivity contribution in [2.45, 2.75) is 6.42 Å². The highest BCUT2D eigenvalue weighted by Gasteiger charge is 2.11. The smallest absolute Gasteiger partial charge is 0.252 e. The molecule has 4 N–H and O–H groups in total. The predicted molar refractivity (Wildman–Crippen MR) is 66.6 cm³/mol. The van der Waals surface area contributed by atoms with Crippen molar-refractivity contribution in [2.75, 3.05) is 25.6 Å². The van der Waals surface area contributed by atoms with E-state index in [1.54, 1.807) is 7.11 Å². The molecule has 0 spiro atoms. The van der Waals surface area contributed by atoms with E-state index in [9.17, 15) is 9.90 Å². The second-order valence-corrected chi connectivity index (χ2v) is 3.89. The van der Waals surface area contributed by atoms with E-state index in [2.05, 4.69) is 5.32 Å². The van der Waals surface area contributed by atoms with Gasteiger partial charge in [-0.1, -0.05) is 11.6 Å². The molecule has 0 saturated heterocycles. The molecule has 0 fully saturated rings. The second kappa shape index (κ2) is 6.32. The summed E-state index contributed by atoms with van der Waals surface area (Å²) >= 11 is 5.95. The van der Waals surface area contributed by atoms with Crippen molar-refractivity contribution < 1.29 is 14.6 Å². The van der Waals surface area contributed by atoms with Crippen LogP contribution in [0, 0.1) is 0 Å². The van der Waals surface area contributed by atoms with Gasteiger partial charge >= 0.3 is 0 Å². The zero-order valence-electron chi connectivity index (χ0n) is 9.50. The number of phenols is 1. The van der Waals surface area contributed by atoms with Crippen molar-refractivity contribution in [3.05, 3.63) is 22.7 Å². The van der Waals surface area contributed by atoms with Crippen LogP contribution in [0.25, 0.3) is 0 Å². The van der Waals surface area contributed by atoms with Gasteiger partial charge in [0.2, 0.25) is 0 Å². The Morgan fingerprint density at radius 2 is 2.29 bits per heavy atom. The molecule has 6 heteroatoms. The summed E-state index contributed by atoms with van der Waals surface area (Å²) in [5, 5.41) is 12.9. The van der Waals surface area contributed by atoms with Crippen LogP contribution in [0.1, 0.15) is 16.8 Å². The largest absolute Gasteiger partial charge is 0.507 e. The zero-order valence-corrected chi connectivity index (χ0v) is 10.3. The zero-order chi connectivity index (χ0) is 12.8. The quantitative estimate of drug-likeness (QED) is 0.677. The number of primary amides is 1. The van der Waals surface area contributed by atoms with Crippen LogP contribution < -0.4 is 11.1 Å². The molecule has 5 nitrogen and oxygen atoms in total. The normalized spacial score (nSPS) is 10.2. The molecule has 17 heavy (non-hydrogen) atoms. The standard InChI is InChI=1S/C11H15ClN2O3/c1-17-4-2-3-14-9-6-10(15)7(11(13)16)5-8(9)12/h5-6,14-15H,2-4H2,1H3,(H2,13,16). The number of aromatic hydroxyl groups is 1. The van der Waals surface area contributed by atoms with Gasteiger partial charge in [0.1, 0.15) is 5.75 Å². The molecule has 0 aromatic heterocycles. The van der Waals surface area contributed by atoms with Gasteiger partial charge in [-0.15, -0.1) is 0 Å². The molecule has 0 aliphatic heterocycles. The number of anilines is 1. The Morgan fingerprint density at radius 1 is 1.59 bits per heavy atom. The lowest BCUT2D eigenvalue weighted by Gasteiger charge is -2.10. The molecule has 0 heterocycles. The topological polar surface area (TPSA) is 84.6 Å². The summed E-state index contributed by atoms with van der Waals surface area (Å²) in [7, 11) is 1.63. The van der Waals surface area contributed by atoms with Gasteiger partial charge in [0.05, 0.1) is 16.3 Å². The summed E-state index contributed by atoms with van der Waals surface area (Å²) in [6, 6.07) is 2.73. The number of nitrogens with two attached hydrogens (primary N) is 1. The number of ether oxygens (including phenoxy) is 1. The molecule has 0 radical (unpaired) electrons. The Morgan fingerprint density at radius 3 is 2.88 bits per heavy atom. The summed E-state index contributed by atoms with van der Waals surface area (Å²) in [6.45, 7) is 1.29. The molecule has 94 valence electrons. The molecule has 1 rings (SSSR count). The van der Waals surface area contributed by atoms with E-state index in [1.165, 1.54) is 12.1 Å². The van der Waals surface area contributed by atoms with Gasteiger partial charge in [0.15, 0.2) is 0 Å². The first kappa shape index (κ1) is 13.6. The molecule has 1 aromatic carbocycles. The van der Waals surface area contributed by atoms with Gasteiger partial charge in [0, 0.05) is 26.3 Å². The van der Waals surface area contributed by atoms with Crippen LogP contribution >= 0.6 is 11.6 Å². The fourth-order valence-electron chi connectivity index (χ4n) is 1.33. The van der Waals surface area contributed by atoms with E-state index < -0.39 is 5.91 Å². The lowest BCUT2D eigenvalue weighted by molar-refractivity contribution is 0.0998. The predicted octanol–water partition coefficient (Wildman–Crippen LogP) is 1.59. The Kier molecular flexibility index (Phi) is 5.06. The molecular weight excluding hydrogens is 244 g/mol. The fourth-order valence-corrected chi connectivity index (χ4v) is 1.56. The number of carbonyl (C=O) groups excluding carboxylic acids is 1. The summed E-state index contributed by atoms with van der Waals surface area (Å²) in [5.74, 6) is -0.897. The van der Waals surface area contributed by atoms with Gasteiger partial charge < -0.3 is 20.9 Å². The molecule has 0 aliphatic carbocycles. The number of hydrogen-bond acceptors (Lipinski definition) is 4. The van der Waals surface area contributed by atoms with E-state index in [1.807, 2.05) is 0 Å². The molecule has 0 aliphatic rings. The van der Waals surface area contributed by atoms with E-state index >= 15 is 0 Å². The van der Waals surface area contributed by atoms with Crippen molar-refractivity contribution in [1.82, 2.24) is 0 Å². The molecular formula is C11H15ClN2O3. The lowest BCUT2D eigenvalue weighted by atomic mass is 10.1. The third-order valence-corrected chi connectivity index (χ3v) is 2.50. The SMILES string of the molecule is COCCCNc1cc(O)c(C(N)=O)cc1Cl. The fraction of sp³-hybridized carbons (Fsp3) is 0.364. The molecule has 1 aromatic rings. The van der Waals surface area contributed by atoms with Crippen LogP contribution in [-0.2, 0) is 4.74 Å². The maximum absolute atomic E-state index is 11.0. The number of benzene rings is 1. The molecule has 0 saturated carbocycles. The third kappa shape index (κ3) is 3.80. The van der Waals surface area contributed by atoms with Gasteiger partial charge in [-0.25, -0.2) is 0 Å². The third-order valence-electron chi connectivity index (χ3n) is 2.19. The number of halogens is 1. The first-order valence-corrected chi connectivity index (χ1v) is 5.49.